The van der Waals surface area contributed by atoms with Crippen molar-refractivity contribution in [3.8, 4) is 0 Å². The van der Waals surface area contributed by atoms with Gasteiger partial charge >= 0.3 is 5.97 Å². The predicted octanol–water partition coefficient (Wildman–Crippen LogP) is 5.15. The van der Waals surface area contributed by atoms with E-state index in [0.29, 0.717) is 17.1 Å². The second-order valence-electron chi connectivity index (χ2n) is 6.22. The number of ether oxygens (including phenoxy) is 1. The molecule has 4 nitrogen and oxygen atoms in total. The number of carbonyl (C=O) groups is 2. The van der Waals surface area contributed by atoms with Gasteiger partial charge in [-0.25, -0.2) is 0 Å². The first-order valence-electron chi connectivity index (χ1n) is 8.46. The molecule has 1 atom stereocenters. The first-order valence-corrected chi connectivity index (χ1v) is 11.2. The quantitative estimate of drug-likeness (QED) is 0.370. The zero-order valence-electron chi connectivity index (χ0n) is 14.6. The van der Waals surface area contributed by atoms with Gasteiger partial charge in [0.2, 0.25) is 0 Å². The Morgan fingerprint density at radius 2 is 2.12 bits per heavy atom. The molecule has 1 aliphatic rings. The Bertz CT molecular complexity index is 595. The summed E-state index contributed by atoms with van der Waals surface area (Å²) >= 11 is 6.15. The van der Waals surface area contributed by atoms with Crippen molar-refractivity contribution in [1.29, 1.82) is 0 Å². The summed E-state index contributed by atoms with van der Waals surface area (Å²) in [5.74, 6) is 0.536. The average Bonchev–Trinajstić information content (AvgIpc) is 3.06. The Kier molecular flexibility index (Phi) is 8.46. The molecule has 1 heterocycles. The van der Waals surface area contributed by atoms with E-state index in [0.717, 1.165) is 35.6 Å². The van der Waals surface area contributed by atoms with Crippen LogP contribution < -0.4 is 5.32 Å². The number of nitrogens with one attached hydrogen (secondary N) is 1. The molecule has 25 heavy (non-hydrogen) atoms. The van der Waals surface area contributed by atoms with Crippen molar-refractivity contribution < 1.29 is 14.3 Å². The van der Waals surface area contributed by atoms with Gasteiger partial charge < -0.3 is 10.1 Å². The minimum Gasteiger partial charge on any atom is -0.456 e. The van der Waals surface area contributed by atoms with Crippen molar-refractivity contribution in [2.75, 3.05) is 17.7 Å². The van der Waals surface area contributed by atoms with Crippen LogP contribution in [0.2, 0.25) is 5.02 Å². The van der Waals surface area contributed by atoms with Crippen LogP contribution in [0.25, 0.3) is 0 Å². The third-order valence-electron chi connectivity index (χ3n) is 3.94. The number of unbranched alkanes of at least 4 members (excludes halogenated alkanes) is 1. The maximum absolute atomic E-state index is 12.0. The van der Waals surface area contributed by atoms with E-state index in [1.54, 1.807) is 6.07 Å². The molecular weight excluding hydrogens is 378 g/mol. The zero-order chi connectivity index (χ0) is 18.2. The third kappa shape index (κ3) is 7.12. The lowest BCUT2D eigenvalue weighted by atomic mass is 10.1. The van der Waals surface area contributed by atoms with E-state index < -0.39 is 0 Å². The van der Waals surface area contributed by atoms with Crippen LogP contribution in [0.5, 0.6) is 0 Å². The van der Waals surface area contributed by atoms with E-state index in [1.165, 1.54) is 12.2 Å². The Labute approximate surface area is 162 Å². The molecule has 1 aliphatic heterocycles. The lowest BCUT2D eigenvalue weighted by molar-refractivity contribution is -0.147. The summed E-state index contributed by atoms with van der Waals surface area (Å²) in [6, 6.07) is 3.73. The van der Waals surface area contributed by atoms with E-state index >= 15 is 0 Å². The topological polar surface area (TPSA) is 55.4 Å². The largest absolute Gasteiger partial charge is 0.456 e. The Morgan fingerprint density at radius 1 is 1.32 bits per heavy atom. The molecule has 1 amide bonds. The Hall–Kier alpha value is -0.850. The molecule has 0 saturated carbocycles. The van der Waals surface area contributed by atoms with Crippen molar-refractivity contribution >= 4 is 50.8 Å². The lowest BCUT2D eigenvalue weighted by Gasteiger charge is -2.12. The molecule has 1 aromatic rings. The molecule has 0 spiro atoms. The number of halogens is 1. The second-order valence-corrected chi connectivity index (χ2v) is 9.42. The van der Waals surface area contributed by atoms with E-state index in [4.69, 9.17) is 16.3 Å². The monoisotopic (exact) mass is 401 g/mol. The number of rotatable bonds is 8. The van der Waals surface area contributed by atoms with E-state index in [2.05, 4.69) is 5.32 Å². The van der Waals surface area contributed by atoms with Gasteiger partial charge in [-0.1, -0.05) is 45.7 Å². The SMILES string of the molecule is Cc1cc(C)c(NC(=O)COC(=O)CCCC[C@@H]2CCSS2)c(Cl)c1. The van der Waals surface area contributed by atoms with E-state index in [1.807, 2.05) is 41.5 Å². The van der Waals surface area contributed by atoms with Crippen LogP contribution in [0, 0.1) is 13.8 Å². The molecule has 0 bridgehead atoms. The van der Waals surface area contributed by atoms with Gasteiger partial charge in [0.1, 0.15) is 0 Å². The summed E-state index contributed by atoms with van der Waals surface area (Å²) in [6.07, 6.45) is 4.61. The maximum atomic E-state index is 12.0. The van der Waals surface area contributed by atoms with Crippen molar-refractivity contribution in [2.24, 2.45) is 0 Å². The van der Waals surface area contributed by atoms with Gasteiger partial charge in [-0.15, -0.1) is 0 Å². The van der Waals surface area contributed by atoms with E-state index in [9.17, 15) is 9.59 Å². The van der Waals surface area contributed by atoms with Crippen LogP contribution in [0.15, 0.2) is 12.1 Å². The normalized spacial score (nSPS) is 16.7. The molecule has 0 radical (unpaired) electrons. The lowest BCUT2D eigenvalue weighted by Crippen LogP contribution is -2.21. The summed E-state index contributed by atoms with van der Waals surface area (Å²) in [7, 11) is 3.89. The minimum atomic E-state index is -0.374. The number of benzene rings is 1. The molecule has 138 valence electrons. The van der Waals surface area contributed by atoms with Gasteiger partial charge in [0.05, 0.1) is 10.7 Å². The zero-order valence-corrected chi connectivity index (χ0v) is 17.0. The summed E-state index contributed by atoms with van der Waals surface area (Å²) < 4.78 is 5.05. The number of anilines is 1. The third-order valence-corrected chi connectivity index (χ3v) is 7.25. The fraction of sp³-hybridized carbons (Fsp3) is 0.556. The molecular formula is C18H24ClNO3S2. The molecule has 2 rings (SSSR count). The van der Waals surface area contributed by atoms with Crippen LogP contribution in [0.3, 0.4) is 0 Å². The van der Waals surface area contributed by atoms with E-state index in [-0.39, 0.29) is 18.5 Å². The summed E-state index contributed by atoms with van der Waals surface area (Å²) in [6.45, 7) is 3.54. The second kappa shape index (κ2) is 10.3. The molecule has 1 saturated heterocycles. The number of carbonyl (C=O) groups excluding carboxylic acids is 2. The first kappa shape index (κ1) is 20.5. The van der Waals surface area contributed by atoms with Crippen molar-refractivity contribution in [2.45, 2.75) is 51.2 Å². The summed E-state index contributed by atoms with van der Waals surface area (Å²) in [5.41, 5.74) is 2.48. The minimum absolute atomic E-state index is 0.280. The van der Waals surface area contributed by atoms with Crippen molar-refractivity contribution in [3.63, 3.8) is 0 Å². The predicted molar refractivity (Wildman–Crippen MR) is 107 cm³/mol. The standard InChI is InChI=1S/C18H24ClNO3S2/c1-12-9-13(2)18(15(19)10-12)20-16(21)11-23-17(22)6-4-3-5-14-7-8-24-25-14/h9-10,14H,3-8,11H2,1-2H3,(H,20,21)/t14-/m1/s1. The average molecular weight is 402 g/mol. The molecule has 1 fully saturated rings. The fourth-order valence-electron chi connectivity index (χ4n) is 2.67. The number of hydrogen-bond acceptors (Lipinski definition) is 5. The molecule has 0 unspecified atom stereocenters. The van der Waals surface area contributed by atoms with Gasteiger partial charge in [-0.05, 0) is 50.3 Å². The van der Waals surface area contributed by atoms with Gasteiger partial charge in [0.15, 0.2) is 6.61 Å². The highest BCUT2D eigenvalue weighted by Crippen LogP contribution is 2.39. The maximum Gasteiger partial charge on any atom is 0.306 e. The Morgan fingerprint density at radius 3 is 2.80 bits per heavy atom. The molecule has 1 aromatic carbocycles. The van der Waals surface area contributed by atoms with Crippen LogP contribution in [-0.4, -0.2) is 29.5 Å². The smallest absolute Gasteiger partial charge is 0.306 e. The van der Waals surface area contributed by atoms with Crippen LogP contribution >= 0.6 is 33.2 Å². The highest BCUT2D eigenvalue weighted by atomic mass is 35.5. The van der Waals surface area contributed by atoms with Gasteiger partial charge in [-0.2, -0.15) is 0 Å². The molecule has 1 N–H and O–H groups in total. The fourth-order valence-corrected chi connectivity index (χ4v) is 6.07. The summed E-state index contributed by atoms with van der Waals surface area (Å²) in [4.78, 5) is 23.7. The van der Waals surface area contributed by atoms with Crippen LogP contribution in [0.1, 0.15) is 43.2 Å². The number of aryl methyl sites for hydroxylation is 2. The van der Waals surface area contributed by atoms with Crippen LogP contribution in [-0.2, 0) is 14.3 Å². The van der Waals surface area contributed by atoms with Crippen molar-refractivity contribution in [1.82, 2.24) is 0 Å². The van der Waals surface area contributed by atoms with Crippen molar-refractivity contribution in [3.05, 3.63) is 28.3 Å². The van der Waals surface area contributed by atoms with Gasteiger partial charge in [0.25, 0.3) is 5.91 Å². The Balaban J connectivity index is 1.64. The highest BCUT2D eigenvalue weighted by molar-refractivity contribution is 8.77. The first-order chi connectivity index (χ1) is 12.0. The highest BCUT2D eigenvalue weighted by Gasteiger charge is 2.16. The summed E-state index contributed by atoms with van der Waals surface area (Å²) in [5, 5.41) is 3.93. The van der Waals surface area contributed by atoms with Crippen LogP contribution in [0.4, 0.5) is 5.69 Å². The molecule has 0 aliphatic carbocycles. The number of hydrogen-bond donors (Lipinski definition) is 1. The van der Waals surface area contributed by atoms with Gasteiger partial charge in [-0.3, -0.25) is 9.59 Å². The number of esters is 1. The number of amides is 1. The molecule has 0 aromatic heterocycles. The van der Waals surface area contributed by atoms with Gasteiger partial charge in [0, 0.05) is 17.4 Å². The molecule has 7 heteroatoms.